The first-order valence-electron chi connectivity index (χ1n) is 8.65. The van der Waals surface area contributed by atoms with Gasteiger partial charge in [-0.25, -0.2) is 4.68 Å². The molecule has 6 heteroatoms. The van der Waals surface area contributed by atoms with Crippen LogP contribution in [-0.2, 0) is 13.1 Å². The zero-order chi connectivity index (χ0) is 19.4. The van der Waals surface area contributed by atoms with Crippen LogP contribution in [0.15, 0.2) is 54.6 Å². The normalized spacial score (nSPS) is 10.7. The Kier molecular flexibility index (Phi) is 5.81. The van der Waals surface area contributed by atoms with Crippen molar-refractivity contribution in [2.24, 2.45) is 0 Å². The Morgan fingerprint density at radius 1 is 1.11 bits per heavy atom. The molecule has 0 radical (unpaired) electrons. The quantitative estimate of drug-likeness (QED) is 0.641. The second-order valence-electron chi connectivity index (χ2n) is 6.40. The Bertz CT molecular complexity index is 921. The van der Waals surface area contributed by atoms with Gasteiger partial charge in [0, 0.05) is 13.6 Å². The van der Waals surface area contributed by atoms with Gasteiger partial charge in [-0.05, 0) is 30.2 Å². The molecule has 0 unspecified atom stereocenters. The summed E-state index contributed by atoms with van der Waals surface area (Å²) in [7, 11) is 3.39. The van der Waals surface area contributed by atoms with E-state index in [4.69, 9.17) is 16.3 Å². The molecule has 1 amide bonds. The Hall–Kier alpha value is -2.79. The summed E-state index contributed by atoms with van der Waals surface area (Å²) in [6.07, 6.45) is 0. The molecule has 0 bridgehead atoms. The predicted octanol–water partition coefficient (Wildman–Crippen LogP) is 4.17. The van der Waals surface area contributed by atoms with Crippen molar-refractivity contribution in [1.29, 1.82) is 0 Å². The average molecular weight is 384 g/mol. The summed E-state index contributed by atoms with van der Waals surface area (Å²) in [6, 6.07) is 17.5. The first-order valence-corrected chi connectivity index (χ1v) is 9.02. The number of carbonyl (C=O) groups excluding carboxylic acids is 1. The highest BCUT2D eigenvalue weighted by atomic mass is 35.5. The fourth-order valence-electron chi connectivity index (χ4n) is 2.92. The lowest BCUT2D eigenvalue weighted by molar-refractivity contribution is 0.0784. The van der Waals surface area contributed by atoms with Crippen molar-refractivity contribution in [1.82, 2.24) is 14.7 Å². The molecular formula is C21H22ClN3O2. The summed E-state index contributed by atoms with van der Waals surface area (Å²) >= 11 is 6.50. The topological polar surface area (TPSA) is 47.4 Å². The first-order chi connectivity index (χ1) is 13.0. The molecule has 0 saturated heterocycles. The number of carbonyl (C=O) groups is 1. The van der Waals surface area contributed by atoms with E-state index in [9.17, 15) is 4.79 Å². The van der Waals surface area contributed by atoms with Gasteiger partial charge in [-0.1, -0.05) is 54.1 Å². The fraction of sp³-hybridized carbons (Fsp3) is 0.238. The van der Waals surface area contributed by atoms with Crippen molar-refractivity contribution in [3.63, 3.8) is 0 Å². The molecule has 0 aliphatic heterocycles. The monoisotopic (exact) mass is 383 g/mol. The van der Waals surface area contributed by atoms with Crippen LogP contribution in [-0.4, -0.2) is 34.7 Å². The fourth-order valence-corrected chi connectivity index (χ4v) is 3.24. The molecular weight excluding hydrogens is 362 g/mol. The molecule has 0 aliphatic rings. The number of methoxy groups -OCH3 is 1. The second-order valence-corrected chi connectivity index (χ2v) is 6.76. The summed E-state index contributed by atoms with van der Waals surface area (Å²) in [6.45, 7) is 2.81. The molecule has 0 saturated carbocycles. The van der Waals surface area contributed by atoms with Gasteiger partial charge in [0.15, 0.2) is 0 Å². The Morgan fingerprint density at radius 2 is 1.78 bits per heavy atom. The number of halogens is 1. The van der Waals surface area contributed by atoms with Crippen LogP contribution in [0.1, 0.15) is 27.2 Å². The number of hydrogen-bond donors (Lipinski definition) is 0. The minimum absolute atomic E-state index is 0.146. The molecule has 140 valence electrons. The van der Waals surface area contributed by atoms with E-state index in [0.29, 0.717) is 29.5 Å². The number of aryl methyl sites for hydroxylation is 1. The lowest BCUT2D eigenvalue weighted by Crippen LogP contribution is -2.26. The van der Waals surface area contributed by atoms with Gasteiger partial charge in [0.2, 0.25) is 0 Å². The van der Waals surface area contributed by atoms with Crippen LogP contribution in [0.2, 0.25) is 5.15 Å². The number of amides is 1. The highest BCUT2D eigenvalue weighted by Gasteiger charge is 2.23. The maximum Gasteiger partial charge on any atom is 0.258 e. The Balaban J connectivity index is 1.77. The van der Waals surface area contributed by atoms with Gasteiger partial charge in [0.1, 0.15) is 10.9 Å². The van der Waals surface area contributed by atoms with Crippen LogP contribution in [0.4, 0.5) is 0 Å². The van der Waals surface area contributed by atoms with Crippen molar-refractivity contribution in [3.8, 4) is 5.75 Å². The first kappa shape index (κ1) is 19.0. The molecule has 1 heterocycles. The second kappa shape index (κ2) is 8.27. The van der Waals surface area contributed by atoms with E-state index in [0.717, 1.165) is 16.9 Å². The van der Waals surface area contributed by atoms with Gasteiger partial charge < -0.3 is 9.64 Å². The van der Waals surface area contributed by atoms with Crippen LogP contribution in [0.3, 0.4) is 0 Å². The molecule has 27 heavy (non-hydrogen) atoms. The van der Waals surface area contributed by atoms with Crippen LogP contribution < -0.4 is 4.74 Å². The van der Waals surface area contributed by atoms with E-state index in [1.54, 1.807) is 23.7 Å². The molecule has 0 N–H and O–H groups in total. The van der Waals surface area contributed by atoms with Crippen LogP contribution in [0, 0.1) is 6.92 Å². The van der Waals surface area contributed by atoms with E-state index < -0.39 is 0 Å². The van der Waals surface area contributed by atoms with Crippen LogP contribution >= 0.6 is 11.6 Å². The third-order valence-corrected chi connectivity index (χ3v) is 4.76. The van der Waals surface area contributed by atoms with Gasteiger partial charge in [0.05, 0.1) is 24.9 Å². The van der Waals surface area contributed by atoms with E-state index in [1.165, 1.54) is 0 Å². The van der Waals surface area contributed by atoms with E-state index >= 15 is 0 Å². The number of rotatable bonds is 6. The number of aromatic nitrogens is 2. The number of ether oxygens (including phenoxy) is 1. The minimum Gasteiger partial charge on any atom is -0.497 e. The lowest BCUT2D eigenvalue weighted by Gasteiger charge is -2.17. The van der Waals surface area contributed by atoms with E-state index in [-0.39, 0.29) is 5.91 Å². The van der Waals surface area contributed by atoms with Crippen molar-refractivity contribution in [3.05, 3.63) is 82.1 Å². The van der Waals surface area contributed by atoms with Crippen LogP contribution in [0.25, 0.3) is 0 Å². The zero-order valence-corrected chi connectivity index (χ0v) is 16.4. The highest BCUT2D eigenvalue weighted by Crippen LogP contribution is 2.23. The highest BCUT2D eigenvalue weighted by molar-refractivity contribution is 6.33. The van der Waals surface area contributed by atoms with Gasteiger partial charge >= 0.3 is 0 Å². The van der Waals surface area contributed by atoms with Crippen molar-refractivity contribution >= 4 is 17.5 Å². The summed E-state index contributed by atoms with van der Waals surface area (Å²) in [5, 5.41) is 4.82. The summed E-state index contributed by atoms with van der Waals surface area (Å²) in [5.74, 6) is 0.640. The van der Waals surface area contributed by atoms with E-state index in [2.05, 4.69) is 5.10 Å². The standard InChI is InChI=1S/C21H22ClN3O2/c1-15-19(20(22)25(23-15)14-16-7-5-4-6-8-16)21(26)24(2)13-17-9-11-18(27-3)12-10-17/h4-12H,13-14H2,1-3H3. The van der Waals surface area contributed by atoms with Crippen molar-refractivity contribution in [2.75, 3.05) is 14.2 Å². The van der Waals surface area contributed by atoms with Crippen LogP contribution in [0.5, 0.6) is 5.75 Å². The number of hydrogen-bond acceptors (Lipinski definition) is 3. The molecule has 0 spiro atoms. The predicted molar refractivity (Wildman–Crippen MR) is 106 cm³/mol. The molecule has 0 fully saturated rings. The van der Waals surface area contributed by atoms with Gasteiger partial charge in [-0.2, -0.15) is 5.10 Å². The molecule has 1 aromatic heterocycles. The van der Waals surface area contributed by atoms with Crippen molar-refractivity contribution < 1.29 is 9.53 Å². The smallest absolute Gasteiger partial charge is 0.258 e. The summed E-state index contributed by atoms with van der Waals surface area (Å²) < 4.78 is 6.83. The largest absolute Gasteiger partial charge is 0.497 e. The third kappa shape index (κ3) is 4.31. The molecule has 5 nitrogen and oxygen atoms in total. The molecule has 3 rings (SSSR count). The Labute approximate surface area is 164 Å². The van der Waals surface area contributed by atoms with Gasteiger partial charge in [-0.15, -0.1) is 0 Å². The maximum absolute atomic E-state index is 12.9. The SMILES string of the molecule is COc1ccc(CN(C)C(=O)c2c(C)nn(Cc3ccccc3)c2Cl)cc1. The van der Waals surface area contributed by atoms with Gasteiger partial charge in [-0.3, -0.25) is 4.79 Å². The third-order valence-electron chi connectivity index (χ3n) is 4.38. The molecule has 2 aromatic carbocycles. The minimum atomic E-state index is -0.146. The maximum atomic E-state index is 12.9. The van der Waals surface area contributed by atoms with E-state index in [1.807, 2.05) is 61.5 Å². The molecule has 3 aromatic rings. The molecule has 0 atom stereocenters. The summed E-state index contributed by atoms with van der Waals surface area (Å²) in [5.41, 5.74) is 3.16. The zero-order valence-electron chi connectivity index (χ0n) is 15.6. The average Bonchev–Trinajstić information content (AvgIpc) is 2.95. The van der Waals surface area contributed by atoms with Gasteiger partial charge in [0.25, 0.3) is 5.91 Å². The molecule has 0 aliphatic carbocycles. The number of nitrogens with zero attached hydrogens (tertiary/aromatic N) is 3. The lowest BCUT2D eigenvalue weighted by atomic mass is 10.2. The Morgan fingerprint density at radius 3 is 2.41 bits per heavy atom. The summed E-state index contributed by atoms with van der Waals surface area (Å²) in [4.78, 5) is 14.6. The van der Waals surface area contributed by atoms with Crippen molar-refractivity contribution in [2.45, 2.75) is 20.0 Å². The number of benzene rings is 2.